The van der Waals surface area contributed by atoms with Gasteiger partial charge in [-0.3, -0.25) is 14.4 Å². The lowest BCUT2D eigenvalue weighted by molar-refractivity contribution is -0.123. The normalized spacial score (nSPS) is 13.1. The third-order valence-electron chi connectivity index (χ3n) is 6.07. The summed E-state index contributed by atoms with van der Waals surface area (Å²) in [5, 5.41) is 2.53. The summed E-state index contributed by atoms with van der Waals surface area (Å²) in [6, 6.07) is 2.40. The van der Waals surface area contributed by atoms with Crippen molar-refractivity contribution in [1.29, 1.82) is 0 Å². The molecule has 0 bridgehead atoms. The Balaban J connectivity index is 1.71. The van der Waals surface area contributed by atoms with Crippen molar-refractivity contribution in [1.82, 2.24) is 24.8 Å². The van der Waals surface area contributed by atoms with Crippen molar-refractivity contribution in [3.8, 4) is 5.88 Å². The number of fused-ring (bicyclic) bond motifs is 1. The zero-order valence-electron chi connectivity index (χ0n) is 23.5. The van der Waals surface area contributed by atoms with Crippen LogP contribution in [0.4, 0.5) is 10.5 Å². The van der Waals surface area contributed by atoms with Crippen LogP contribution in [0, 0.1) is 5.92 Å². The Bertz CT molecular complexity index is 1350. The first-order valence-corrected chi connectivity index (χ1v) is 13.1. The number of likely N-dealkylation sites (N-methyl/N-ethyl adjacent to an activating group) is 1. The van der Waals surface area contributed by atoms with Gasteiger partial charge >= 0.3 is 6.09 Å². The molecule has 0 saturated heterocycles. The van der Waals surface area contributed by atoms with Crippen molar-refractivity contribution in [2.45, 2.75) is 52.1 Å². The number of alkyl carbamates (subject to hydrolysis) is 1. The maximum absolute atomic E-state index is 13.2. The predicted octanol–water partition coefficient (Wildman–Crippen LogP) is 2.26. The molecule has 2 aromatic heterocycles. The number of ketones is 1. The van der Waals surface area contributed by atoms with Crippen LogP contribution >= 0.6 is 0 Å². The summed E-state index contributed by atoms with van der Waals surface area (Å²) in [7, 11) is 4.48. The SMILES string of the molecule is COC(=O)N[C@@H](CC/C=C/C(=O)N(C)C)C(=O)Cc1cccn(CC2=Nc3c(ncnc3OCC(C)C)C2)c1=O. The number of allylic oxidation sites excluding steroid dienone is 1. The highest BCUT2D eigenvalue weighted by Crippen LogP contribution is 2.33. The number of aliphatic imine (C=N–C) groups is 1. The van der Waals surface area contributed by atoms with E-state index in [1.807, 2.05) is 13.8 Å². The van der Waals surface area contributed by atoms with Gasteiger partial charge in [-0.1, -0.05) is 26.0 Å². The van der Waals surface area contributed by atoms with Gasteiger partial charge in [-0.25, -0.2) is 14.8 Å². The van der Waals surface area contributed by atoms with Crippen LogP contribution in [-0.4, -0.2) is 76.8 Å². The number of methoxy groups -OCH3 is 1. The van der Waals surface area contributed by atoms with E-state index in [2.05, 4.69) is 25.0 Å². The highest BCUT2D eigenvalue weighted by atomic mass is 16.5. The van der Waals surface area contributed by atoms with Gasteiger partial charge in [-0.05, 0) is 30.9 Å². The lowest BCUT2D eigenvalue weighted by atomic mass is 10.0. The van der Waals surface area contributed by atoms with Crippen molar-refractivity contribution in [3.05, 3.63) is 58.4 Å². The molecule has 1 N–H and O–H groups in total. The topological polar surface area (TPSA) is 145 Å². The monoisotopic (exact) mass is 552 g/mol. The van der Waals surface area contributed by atoms with Gasteiger partial charge in [-0.15, -0.1) is 0 Å². The first kappa shape index (κ1) is 30.2. The van der Waals surface area contributed by atoms with Gasteiger partial charge in [0, 0.05) is 44.4 Å². The number of nitrogens with one attached hydrogen (secondary N) is 1. The molecule has 0 aliphatic carbocycles. The average molecular weight is 553 g/mol. The molecule has 0 saturated carbocycles. The minimum atomic E-state index is -0.892. The molecule has 1 aliphatic heterocycles. The lowest BCUT2D eigenvalue weighted by Crippen LogP contribution is -2.42. The van der Waals surface area contributed by atoms with E-state index in [9.17, 15) is 19.2 Å². The molecule has 1 aliphatic rings. The number of amides is 2. The Labute approximate surface area is 233 Å². The predicted molar refractivity (Wildman–Crippen MR) is 149 cm³/mol. The molecule has 0 aromatic carbocycles. The molecule has 0 spiro atoms. The van der Waals surface area contributed by atoms with Crippen LogP contribution < -0.4 is 15.6 Å². The van der Waals surface area contributed by atoms with E-state index in [0.29, 0.717) is 42.5 Å². The van der Waals surface area contributed by atoms with Crippen LogP contribution in [0.2, 0.25) is 0 Å². The molecule has 12 nitrogen and oxygen atoms in total. The number of aromatic nitrogens is 3. The minimum absolute atomic E-state index is 0.181. The van der Waals surface area contributed by atoms with Crippen LogP contribution in [0.3, 0.4) is 0 Å². The number of nitrogens with zero attached hydrogens (tertiary/aromatic N) is 5. The maximum Gasteiger partial charge on any atom is 0.407 e. The largest absolute Gasteiger partial charge is 0.476 e. The molecule has 12 heteroatoms. The van der Waals surface area contributed by atoms with Crippen LogP contribution in [0.25, 0.3) is 0 Å². The average Bonchev–Trinajstić information content (AvgIpc) is 3.34. The van der Waals surface area contributed by atoms with Crippen molar-refractivity contribution in [2.24, 2.45) is 10.9 Å². The summed E-state index contributed by atoms with van der Waals surface area (Å²) in [6.07, 6.45) is 6.26. The van der Waals surface area contributed by atoms with Gasteiger partial charge in [0.05, 0.1) is 32.0 Å². The zero-order valence-corrected chi connectivity index (χ0v) is 23.5. The second kappa shape index (κ2) is 14.2. The fraction of sp³-hybridized carbons (Fsp3) is 0.464. The van der Waals surface area contributed by atoms with Crippen molar-refractivity contribution in [3.63, 3.8) is 0 Å². The van der Waals surface area contributed by atoms with Crippen LogP contribution in [-0.2, 0) is 33.7 Å². The number of pyridine rings is 1. The molecule has 3 heterocycles. The van der Waals surface area contributed by atoms with E-state index in [1.54, 1.807) is 38.5 Å². The maximum atomic E-state index is 13.2. The van der Waals surface area contributed by atoms with E-state index in [-0.39, 0.29) is 36.6 Å². The quantitative estimate of drug-likeness (QED) is 0.373. The summed E-state index contributed by atoms with van der Waals surface area (Å²) >= 11 is 0. The number of hydrogen-bond donors (Lipinski definition) is 1. The van der Waals surface area contributed by atoms with E-state index < -0.39 is 12.1 Å². The standard InChI is InChI=1S/C28H36N6O6/c1-18(2)16-40-26-25-22(29-17-30-26)14-20(31-25)15-34-12-8-9-19(27(34)37)13-23(35)21(32-28(38)39-5)10-6-7-11-24(36)33(3)4/h7-9,11-12,17-18,21H,6,10,13-16H2,1-5H3,(H,32,38)/b11-7+/t21-/m0/s1. The number of carbonyl (C=O) groups excluding carboxylic acids is 3. The molecule has 0 unspecified atom stereocenters. The molecular weight excluding hydrogens is 516 g/mol. The molecule has 0 fully saturated rings. The molecule has 3 rings (SSSR count). The summed E-state index contributed by atoms with van der Waals surface area (Å²) in [4.78, 5) is 64.5. The van der Waals surface area contributed by atoms with E-state index in [0.717, 1.165) is 11.4 Å². The molecule has 40 heavy (non-hydrogen) atoms. The second-order valence-corrected chi connectivity index (χ2v) is 10.0. The van der Waals surface area contributed by atoms with E-state index in [1.165, 1.54) is 29.0 Å². The summed E-state index contributed by atoms with van der Waals surface area (Å²) < 4.78 is 11.9. The molecule has 1 atom stereocenters. The number of hydrogen-bond acceptors (Lipinski definition) is 9. The Hall–Kier alpha value is -4.35. The fourth-order valence-corrected chi connectivity index (χ4v) is 3.94. The first-order chi connectivity index (χ1) is 19.1. The van der Waals surface area contributed by atoms with Crippen LogP contribution in [0.1, 0.15) is 37.9 Å². The van der Waals surface area contributed by atoms with Crippen LogP contribution in [0.15, 0.2) is 46.6 Å². The number of rotatable bonds is 13. The highest BCUT2D eigenvalue weighted by Gasteiger charge is 2.24. The van der Waals surface area contributed by atoms with Gasteiger partial charge in [0.2, 0.25) is 11.8 Å². The van der Waals surface area contributed by atoms with E-state index in [4.69, 9.17) is 4.74 Å². The van der Waals surface area contributed by atoms with Crippen molar-refractivity contribution in [2.75, 3.05) is 27.8 Å². The summed E-state index contributed by atoms with van der Waals surface area (Å²) in [5.74, 6) is 0.214. The van der Waals surface area contributed by atoms with Gasteiger partial charge in [-0.2, -0.15) is 4.98 Å². The van der Waals surface area contributed by atoms with Gasteiger partial charge in [0.15, 0.2) is 5.78 Å². The Morgan fingerprint density at radius 3 is 2.70 bits per heavy atom. The molecular formula is C28H36N6O6. The Morgan fingerprint density at radius 1 is 1.23 bits per heavy atom. The first-order valence-electron chi connectivity index (χ1n) is 13.1. The van der Waals surface area contributed by atoms with Gasteiger partial charge < -0.3 is 24.3 Å². The molecule has 2 aromatic rings. The second-order valence-electron chi connectivity index (χ2n) is 10.0. The van der Waals surface area contributed by atoms with Gasteiger partial charge in [0.25, 0.3) is 5.56 Å². The summed E-state index contributed by atoms with van der Waals surface area (Å²) in [6.45, 7) is 4.80. The van der Waals surface area contributed by atoms with E-state index >= 15 is 0 Å². The molecule has 0 radical (unpaired) electrons. The molecule has 2 amide bonds. The smallest absolute Gasteiger partial charge is 0.407 e. The number of carbonyl (C=O) groups is 3. The third kappa shape index (κ3) is 8.32. The lowest BCUT2D eigenvalue weighted by Gasteiger charge is -2.16. The van der Waals surface area contributed by atoms with Crippen LogP contribution in [0.5, 0.6) is 5.88 Å². The Kier molecular flexibility index (Phi) is 10.7. The molecule has 214 valence electrons. The van der Waals surface area contributed by atoms with Crippen molar-refractivity contribution < 1.29 is 23.9 Å². The number of Topliss-reactive ketones (excluding diaryl/α,β-unsaturated/α-hetero) is 1. The highest BCUT2D eigenvalue weighted by molar-refractivity contribution is 5.94. The summed E-state index contributed by atoms with van der Waals surface area (Å²) in [5.41, 5.74) is 2.00. The van der Waals surface area contributed by atoms with Crippen molar-refractivity contribution >= 4 is 29.2 Å². The Morgan fingerprint density at radius 2 is 2.00 bits per heavy atom. The number of ether oxygens (including phenoxy) is 2. The zero-order chi connectivity index (χ0) is 29.2. The fourth-order valence-electron chi connectivity index (χ4n) is 3.94. The van der Waals surface area contributed by atoms with Gasteiger partial charge in [0.1, 0.15) is 12.0 Å². The minimum Gasteiger partial charge on any atom is -0.476 e. The third-order valence-corrected chi connectivity index (χ3v) is 6.07.